The molecule has 2 saturated carbocycles. The Bertz CT molecular complexity index is 1030. The van der Waals surface area contributed by atoms with Crippen molar-refractivity contribution in [3.63, 3.8) is 0 Å². The van der Waals surface area contributed by atoms with Crippen LogP contribution in [-0.4, -0.2) is 57.9 Å². The molecule has 11 heteroatoms. The number of nitrogens with zero attached hydrogens (tertiary/aromatic N) is 4. The summed E-state index contributed by atoms with van der Waals surface area (Å²) >= 11 is 0. The van der Waals surface area contributed by atoms with Crippen LogP contribution in [0.25, 0.3) is 0 Å². The Morgan fingerprint density at radius 1 is 1.24 bits per heavy atom. The van der Waals surface area contributed by atoms with E-state index in [9.17, 15) is 17.6 Å². The molecule has 3 fully saturated rings. The Balaban J connectivity index is 1.31. The van der Waals surface area contributed by atoms with E-state index in [-0.39, 0.29) is 47.9 Å². The number of nitrogen functional groups attached to an aromatic ring is 1. The first kappa shape index (κ1) is 23.3. The van der Waals surface area contributed by atoms with Crippen LogP contribution < -0.4 is 10.5 Å². The third-order valence-corrected chi connectivity index (χ3v) is 7.10. The van der Waals surface area contributed by atoms with Crippen molar-refractivity contribution in [2.45, 2.75) is 56.7 Å². The topological polar surface area (TPSA) is 78.4 Å². The Morgan fingerprint density at radius 2 is 1.97 bits per heavy atom. The SMILES string of the molecule is CC(C)n1nc(C(F)(F)Oc2ccnc(N)c2)cc1C1C2CC(N3CCOCC(F)(F)C3)CC21. The molecule has 3 heterocycles. The molecule has 0 radical (unpaired) electrons. The summed E-state index contributed by atoms with van der Waals surface area (Å²) < 4.78 is 69.5. The Morgan fingerprint density at radius 3 is 2.65 bits per heavy atom. The molecule has 1 saturated heterocycles. The van der Waals surface area contributed by atoms with Gasteiger partial charge >= 0.3 is 6.11 Å². The zero-order valence-electron chi connectivity index (χ0n) is 19.1. The number of ether oxygens (including phenoxy) is 2. The number of anilines is 1. The van der Waals surface area contributed by atoms with Crippen molar-refractivity contribution in [3.05, 3.63) is 35.8 Å². The molecule has 0 amide bonds. The van der Waals surface area contributed by atoms with Crippen molar-refractivity contribution in [2.75, 3.05) is 32.0 Å². The normalized spacial score (nSPS) is 29.1. The lowest BCUT2D eigenvalue weighted by Crippen LogP contribution is -2.43. The predicted octanol–water partition coefficient (Wildman–Crippen LogP) is 4.03. The number of alkyl halides is 4. The van der Waals surface area contributed by atoms with Crippen LogP contribution in [0.5, 0.6) is 5.75 Å². The van der Waals surface area contributed by atoms with Gasteiger partial charge < -0.3 is 15.2 Å². The lowest BCUT2D eigenvalue weighted by Gasteiger charge is -2.30. The number of hydrogen-bond acceptors (Lipinski definition) is 6. The molecule has 3 aliphatic rings. The van der Waals surface area contributed by atoms with Gasteiger partial charge in [-0.05, 0) is 50.7 Å². The zero-order chi connectivity index (χ0) is 24.3. The van der Waals surface area contributed by atoms with Gasteiger partial charge in [0.1, 0.15) is 18.2 Å². The second-order valence-corrected chi connectivity index (χ2v) is 9.89. The van der Waals surface area contributed by atoms with Crippen molar-refractivity contribution in [1.29, 1.82) is 0 Å². The van der Waals surface area contributed by atoms with E-state index >= 15 is 0 Å². The summed E-state index contributed by atoms with van der Waals surface area (Å²) in [4.78, 5) is 5.62. The number of fused-ring (bicyclic) bond motifs is 1. The minimum Gasteiger partial charge on any atom is -0.428 e. The van der Waals surface area contributed by atoms with Crippen LogP contribution in [0.1, 0.15) is 50.0 Å². The lowest BCUT2D eigenvalue weighted by atomic mass is 10.0. The maximum Gasteiger partial charge on any atom is 0.446 e. The molecular formula is C23H29F4N5O2. The van der Waals surface area contributed by atoms with Gasteiger partial charge in [-0.15, -0.1) is 0 Å². The second kappa shape index (κ2) is 8.37. The fourth-order valence-electron chi connectivity index (χ4n) is 5.59. The van der Waals surface area contributed by atoms with Crippen LogP contribution in [0, 0.1) is 11.8 Å². The first-order valence-corrected chi connectivity index (χ1v) is 11.6. The largest absolute Gasteiger partial charge is 0.446 e. The van der Waals surface area contributed by atoms with Crippen molar-refractivity contribution >= 4 is 5.82 Å². The standard InChI is InChI=1S/C23H29F4N5O2/c1-13(2)32-18(10-19(30-32)23(26,27)34-15-3-4-29-20(28)9-15)21-16-7-14(8-17(16)21)31-5-6-33-12-22(24,25)11-31/h3-4,9-10,13-14,16-17,21H,5-8,11-12H2,1-2H3,(H2,28,29). The van der Waals surface area contributed by atoms with Crippen LogP contribution in [0.15, 0.2) is 24.4 Å². The van der Waals surface area contributed by atoms with Crippen molar-refractivity contribution < 1.29 is 27.0 Å². The molecule has 5 rings (SSSR count). The van der Waals surface area contributed by atoms with E-state index in [2.05, 4.69) is 10.1 Å². The molecule has 186 valence electrons. The van der Waals surface area contributed by atoms with Crippen LogP contribution >= 0.6 is 0 Å². The number of halogens is 4. The fraction of sp³-hybridized carbons (Fsp3) is 0.652. The summed E-state index contributed by atoms with van der Waals surface area (Å²) in [5.41, 5.74) is 5.85. The Hall–Kier alpha value is -2.40. The zero-order valence-corrected chi connectivity index (χ0v) is 19.1. The summed E-state index contributed by atoms with van der Waals surface area (Å²) in [6, 6.07) is 3.92. The van der Waals surface area contributed by atoms with Gasteiger partial charge in [0.25, 0.3) is 5.92 Å². The van der Waals surface area contributed by atoms with E-state index in [1.165, 1.54) is 24.4 Å². The summed E-state index contributed by atoms with van der Waals surface area (Å²) in [6.07, 6.45) is -0.805. The van der Waals surface area contributed by atoms with E-state index in [0.29, 0.717) is 13.2 Å². The molecule has 7 nitrogen and oxygen atoms in total. The van der Waals surface area contributed by atoms with Gasteiger partial charge in [-0.2, -0.15) is 13.9 Å². The molecule has 2 aromatic rings. The molecule has 1 aliphatic heterocycles. The van der Waals surface area contributed by atoms with Gasteiger partial charge in [-0.25, -0.2) is 13.8 Å². The maximum absolute atomic E-state index is 15.0. The number of nitrogens with two attached hydrogens (primary N) is 1. The van der Waals surface area contributed by atoms with Gasteiger partial charge in [-0.3, -0.25) is 9.58 Å². The molecule has 0 bridgehead atoms. The summed E-state index contributed by atoms with van der Waals surface area (Å²) in [6.45, 7) is 3.74. The molecular weight excluding hydrogens is 454 g/mol. The van der Waals surface area contributed by atoms with Crippen LogP contribution in [-0.2, 0) is 10.8 Å². The Kier molecular flexibility index (Phi) is 5.75. The Labute approximate surface area is 195 Å². The highest BCUT2D eigenvalue weighted by Gasteiger charge is 2.59. The fourth-order valence-corrected chi connectivity index (χ4v) is 5.59. The third kappa shape index (κ3) is 4.47. The van der Waals surface area contributed by atoms with Crippen LogP contribution in [0.2, 0.25) is 0 Å². The highest BCUT2D eigenvalue weighted by Crippen LogP contribution is 2.64. The summed E-state index contributed by atoms with van der Waals surface area (Å²) in [5, 5.41) is 4.20. The highest BCUT2D eigenvalue weighted by molar-refractivity contribution is 5.36. The minimum atomic E-state index is -3.65. The summed E-state index contributed by atoms with van der Waals surface area (Å²) in [5.74, 6) is -2.22. The van der Waals surface area contributed by atoms with Crippen molar-refractivity contribution in [2.24, 2.45) is 11.8 Å². The number of aromatic nitrogens is 3. The summed E-state index contributed by atoms with van der Waals surface area (Å²) in [7, 11) is 0. The van der Waals surface area contributed by atoms with Gasteiger partial charge in [-0.1, -0.05) is 0 Å². The number of rotatable bonds is 6. The van der Waals surface area contributed by atoms with E-state index < -0.39 is 24.3 Å². The molecule has 2 N–H and O–H groups in total. The van der Waals surface area contributed by atoms with E-state index in [4.69, 9.17) is 15.2 Å². The van der Waals surface area contributed by atoms with Gasteiger partial charge in [0.2, 0.25) is 0 Å². The third-order valence-electron chi connectivity index (χ3n) is 7.10. The smallest absolute Gasteiger partial charge is 0.428 e. The maximum atomic E-state index is 15.0. The molecule has 2 aliphatic carbocycles. The average molecular weight is 484 g/mol. The molecule has 34 heavy (non-hydrogen) atoms. The van der Waals surface area contributed by atoms with Gasteiger partial charge in [0.15, 0.2) is 5.69 Å². The second-order valence-electron chi connectivity index (χ2n) is 9.89. The van der Waals surface area contributed by atoms with Crippen LogP contribution in [0.3, 0.4) is 0 Å². The van der Waals surface area contributed by atoms with Crippen molar-refractivity contribution in [1.82, 2.24) is 19.7 Å². The average Bonchev–Trinajstić information content (AvgIpc) is 3.09. The first-order chi connectivity index (χ1) is 16.0. The molecule has 0 spiro atoms. The molecule has 2 unspecified atom stereocenters. The first-order valence-electron chi connectivity index (χ1n) is 11.6. The molecule has 2 aromatic heterocycles. The van der Waals surface area contributed by atoms with E-state index in [1.807, 2.05) is 18.7 Å². The van der Waals surface area contributed by atoms with E-state index in [0.717, 1.165) is 18.5 Å². The quantitative estimate of drug-likeness (QED) is 0.626. The van der Waals surface area contributed by atoms with Crippen molar-refractivity contribution in [3.8, 4) is 5.75 Å². The lowest BCUT2D eigenvalue weighted by molar-refractivity contribution is -0.188. The molecule has 2 atom stereocenters. The number of hydrogen-bond donors (Lipinski definition) is 1. The van der Waals surface area contributed by atoms with Gasteiger partial charge in [0, 0.05) is 42.5 Å². The monoisotopic (exact) mass is 483 g/mol. The van der Waals surface area contributed by atoms with Gasteiger partial charge in [0.05, 0.1) is 13.2 Å². The predicted molar refractivity (Wildman–Crippen MR) is 116 cm³/mol. The minimum absolute atomic E-state index is 0.0654. The molecule has 0 aromatic carbocycles. The van der Waals surface area contributed by atoms with E-state index in [1.54, 1.807) is 4.68 Å². The highest BCUT2D eigenvalue weighted by atomic mass is 19.3. The number of pyridine rings is 1. The van der Waals surface area contributed by atoms with Crippen LogP contribution in [0.4, 0.5) is 23.4 Å².